The molecule has 45 heavy (non-hydrogen) atoms. The number of allylic oxidation sites excluding steroid dienone is 1. The molecule has 0 saturated carbocycles. The number of phenols is 1. The van der Waals surface area contributed by atoms with E-state index in [0.29, 0.717) is 5.71 Å². The van der Waals surface area contributed by atoms with Gasteiger partial charge in [0.15, 0.2) is 17.4 Å². The smallest absolute Gasteiger partial charge is 0.272 e. The zero-order chi connectivity index (χ0) is 32.9. The molecular weight excluding hydrogens is 632 g/mol. The number of hydrogen-bond acceptors (Lipinski definition) is 7. The second-order valence-electron chi connectivity index (χ2n) is 11.1. The standard InChI is InChI=1S/C31H27Cl2F3N6O3/c1-5-19(43)40-8-10-41(11-9-40)28-16-12-18(32)26(20-21(33)29(44)24(36)23(35)22(20)34)39-30(16)42(31(45)17(28)13-37)27-15(4)6-7-38-25(27)14(2)3/h5-7,12,14-15,27,44H,1,8-11H2,2-4H3/t15-,27?/m1/s1. The number of halogens is 5. The minimum absolute atomic E-state index is 0.0572. The summed E-state index contributed by atoms with van der Waals surface area (Å²) < 4.78 is 45.2. The number of rotatable bonds is 5. The SMILES string of the molecule is C=CC(=O)N1CCN(c2c(C#N)c(=O)n(C3C(C(C)C)=NC=C[C@H]3C)c3nc(-c4c(F)c(F)c(F)c(O)c4Cl)c(Cl)cc23)CC1. The van der Waals surface area contributed by atoms with Crippen molar-refractivity contribution in [2.75, 3.05) is 31.1 Å². The number of anilines is 1. The van der Waals surface area contributed by atoms with Gasteiger partial charge in [-0.15, -0.1) is 0 Å². The molecule has 0 bridgehead atoms. The maximum atomic E-state index is 15.3. The van der Waals surface area contributed by atoms with Gasteiger partial charge in [0.05, 0.1) is 33.0 Å². The molecule has 2 aliphatic heterocycles. The number of aromatic hydroxyl groups is 1. The zero-order valence-electron chi connectivity index (χ0n) is 24.4. The van der Waals surface area contributed by atoms with Gasteiger partial charge < -0.3 is 14.9 Å². The monoisotopic (exact) mass is 658 g/mol. The molecule has 4 heterocycles. The van der Waals surface area contributed by atoms with Crippen LogP contribution in [0, 0.1) is 40.6 Å². The lowest BCUT2D eigenvalue weighted by Gasteiger charge is -2.37. The summed E-state index contributed by atoms with van der Waals surface area (Å²) in [6.45, 7) is 10.2. The molecule has 1 unspecified atom stereocenters. The Kier molecular flexibility index (Phi) is 8.70. The Morgan fingerprint density at radius 3 is 2.44 bits per heavy atom. The molecule has 14 heteroatoms. The fourth-order valence-corrected chi connectivity index (χ4v) is 6.34. The van der Waals surface area contributed by atoms with Gasteiger partial charge in [-0.2, -0.15) is 9.65 Å². The van der Waals surface area contributed by atoms with Crippen LogP contribution in [0.5, 0.6) is 5.75 Å². The summed E-state index contributed by atoms with van der Waals surface area (Å²) in [6.07, 6.45) is 4.61. The van der Waals surface area contributed by atoms with Crippen LogP contribution in [0.1, 0.15) is 32.4 Å². The Hall–Kier alpha value is -4.34. The minimum Gasteiger partial charge on any atom is -0.504 e. The van der Waals surface area contributed by atoms with Gasteiger partial charge in [-0.1, -0.05) is 56.6 Å². The molecule has 0 spiro atoms. The highest BCUT2D eigenvalue weighted by Gasteiger charge is 2.35. The molecule has 2 atom stereocenters. The largest absolute Gasteiger partial charge is 0.504 e. The van der Waals surface area contributed by atoms with Crippen molar-refractivity contribution in [3.63, 3.8) is 0 Å². The van der Waals surface area contributed by atoms with Crippen molar-refractivity contribution < 1.29 is 23.1 Å². The number of aliphatic imine (C=N–C) groups is 1. The Balaban J connectivity index is 1.88. The highest BCUT2D eigenvalue weighted by molar-refractivity contribution is 6.37. The summed E-state index contributed by atoms with van der Waals surface area (Å²) in [5, 5.41) is 19.6. The fourth-order valence-electron chi connectivity index (χ4n) is 5.83. The van der Waals surface area contributed by atoms with E-state index in [0.717, 1.165) is 0 Å². The van der Waals surface area contributed by atoms with Gasteiger partial charge in [0.2, 0.25) is 11.7 Å². The molecule has 5 rings (SSSR count). The summed E-state index contributed by atoms with van der Waals surface area (Å²) in [7, 11) is 0. The van der Waals surface area contributed by atoms with Gasteiger partial charge in [0.25, 0.3) is 5.56 Å². The van der Waals surface area contributed by atoms with Crippen molar-refractivity contribution >= 4 is 51.5 Å². The second-order valence-corrected chi connectivity index (χ2v) is 11.8. The first-order valence-electron chi connectivity index (χ1n) is 14.0. The van der Waals surface area contributed by atoms with Gasteiger partial charge in [-0.05, 0) is 18.1 Å². The molecule has 2 aliphatic rings. The molecule has 0 aliphatic carbocycles. The number of hydrogen-bond donors (Lipinski definition) is 1. The van der Waals surface area contributed by atoms with E-state index >= 15 is 4.39 Å². The lowest BCUT2D eigenvalue weighted by atomic mass is 9.88. The van der Waals surface area contributed by atoms with E-state index in [9.17, 15) is 28.7 Å². The lowest BCUT2D eigenvalue weighted by molar-refractivity contribution is -0.126. The first-order chi connectivity index (χ1) is 21.3. The van der Waals surface area contributed by atoms with Gasteiger partial charge in [0, 0.05) is 49.4 Å². The molecule has 1 aromatic carbocycles. The van der Waals surface area contributed by atoms with Crippen LogP contribution in [0.15, 0.2) is 40.8 Å². The Labute approximate surface area is 266 Å². The highest BCUT2D eigenvalue weighted by atomic mass is 35.5. The van der Waals surface area contributed by atoms with Crippen LogP contribution in [0.4, 0.5) is 18.9 Å². The van der Waals surface area contributed by atoms with Crippen LogP contribution in [0.25, 0.3) is 22.3 Å². The highest BCUT2D eigenvalue weighted by Crippen LogP contribution is 2.44. The number of phenolic OH excluding ortho intramolecular Hbond substituents is 1. The van der Waals surface area contributed by atoms with Crippen molar-refractivity contribution in [3.05, 3.63) is 74.4 Å². The van der Waals surface area contributed by atoms with Crippen molar-refractivity contribution in [2.45, 2.75) is 26.8 Å². The number of piperazine rings is 1. The van der Waals surface area contributed by atoms with Gasteiger partial charge in [-0.25, -0.2) is 13.8 Å². The lowest BCUT2D eigenvalue weighted by Crippen LogP contribution is -2.49. The number of pyridine rings is 2. The number of benzene rings is 1. The molecule has 0 radical (unpaired) electrons. The molecule has 9 nitrogen and oxygen atoms in total. The third kappa shape index (κ3) is 5.23. The quantitative estimate of drug-likeness (QED) is 0.204. The molecule has 1 amide bonds. The normalized spacial score (nSPS) is 18.4. The van der Waals surface area contributed by atoms with Gasteiger partial charge in [0.1, 0.15) is 17.3 Å². The summed E-state index contributed by atoms with van der Waals surface area (Å²) in [6, 6.07) is 2.64. The summed E-state index contributed by atoms with van der Waals surface area (Å²) in [5.74, 6) is -7.69. The summed E-state index contributed by atoms with van der Waals surface area (Å²) >= 11 is 12.7. The number of carbonyl (C=O) groups is 1. The molecule has 1 N–H and O–H groups in total. The van der Waals surface area contributed by atoms with Crippen LogP contribution >= 0.6 is 23.2 Å². The van der Waals surface area contributed by atoms with Crippen LogP contribution in [-0.2, 0) is 4.79 Å². The van der Waals surface area contributed by atoms with Crippen LogP contribution in [0.2, 0.25) is 10.0 Å². The molecule has 2 aromatic heterocycles. The molecule has 3 aromatic rings. The van der Waals surface area contributed by atoms with E-state index in [-0.39, 0.29) is 71.2 Å². The average molecular weight is 659 g/mol. The van der Waals surface area contributed by atoms with Crippen molar-refractivity contribution in [1.82, 2.24) is 14.5 Å². The van der Waals surface area contributed by atoms with Crippen molar-refractivity contribution in [1.29, 1.82) is 5.26 Å². The second kappa shape index (κ2) is 12.2. The van der Waals surface area contributed by atoms with E-state index in [1.54, 1.807) is 22.1 Å². The van der Waals surface area contributed by atoms with E-state index < -0.39 is 51.1 Å². The maximum Gasteiger partial charge on any atom is 0.272 e. The van der Waals surface area contributed by atoms with Crippen molar-refractivity contribution in [2.24, 2.45) is 16.8 Å². The number of amides is 1. The maximum absolute atomic E-state index is 15.3. The Morgan fingerprint density at radius 2 is 1.84 bits per heavy atom. The third-order valence-corrected chi connectivity index (χ3v) is 8.72. The predicted octanol–water partition coefficient (Wildman–Crippen LogP) is 6.00. The third-order valence-electron chi connectivity index (χ3n) is 8.06. The number of carbonyl (C=O) groups excluding carboxylic acids is 1. The average Bonchev–Trinajstić information content (AvgIpc) is 3.02. The van der Waals surface area contributed by atoms with Crippen LogP contribution < -0.4 is 10.5 Å². The molecule has 234 valence electrons. The van der Waals surface area contributed by atoms with Crippen molar-refractivity contribution in [3.8, 4) is 23.1 Å². The number of aromatic nitrogens is 2. The fraction of sp³-hybridized carbons (Fsp3) is 0.323. The number of nitrogens with zero attached hydrogens (tertiary/aromatic N) is 6. The molecule has 1 fully saturated rings. The Bertz CT molecular complexity index is 1900. The summed E-state index contributed by atoms with van der Waals surface area (Å²) in [4.78, 5) is 39.0. The van der Waals surface area contributed by atoms with E-state index in [1.165, 1.54) is 16.7 Å². The van der Waals surface area contributed by atoms with Gasteiger partial charge in [-0.3, -0.25) is 19.1 Å². The zero-order valence-corrected chi connectivity index (χ0v) is 25.9. The predicted molar refractivity (Wildman–Crippen MR) is 166 cm³/mol. The topological polar surface area (TPSA) is 115 Å². The minimum atomic E-state index is -1.99. The number of fused-ring (bicyclic) bond motifs is 1. The molecule has 1 saturated heterocycles. The van der Waals surface area contributed by atoms with Crippen LogP contribution in [-0.4, -0.2) is 57.4 Å². The number of nitriles is 1. The van der Waals surface area contributed by atoms with Crippen LogP contribution in [0.3, 0.4) is 0 Å². The molecular formula is C31H27Cl2F3N6O3. The van der Waals surface area contributed by atoms with E-state index in [2.05, 4.69) is 16.6 Å². The van der Waals surface area contributed by atoms with E-state index in [1.807, 2.05) is 26.8 Å². The first-order valence-corrected chi connectivity index (χ1v) is 14.7. The summed E-state index contributed by atoms with van der Waals surface area (Å²) in [5.41, 5.74) is -1.46. The van der Waals surface area contributed by atoms with Gasteiger partial charge >= 0.3 is 0 Å². The van der Waals surface area contributed by atoms with E-state index in [4.69, 9.17) is 23.2 Å². The Morgan fingerprint density at radius 1 is 1.18 bits per heavy atom. The first kappa shape index (κ1) is 32.1.